The summed E-state index contributed by atoms with van der Waals surface area (Å²) >= 11 is 4.87. The summed E-state index contributed by atoms with van der Waals surface area (Å²) in [7, 11) is 1.50. The second kappa shape index (κ2) is 10.5. The van der Waals surface area contributed by atoms with E-state index < -0.39 is 0 Å². The van der Waals surface area contributed by atoms with Gasteiger partial charge in [0.05, 0.1) is 23.8 Å². The minimum Gasteiger partial charge on any atom is -0.503 e. The van der Waals surface area contributed by atoms with Gasteiger partial charge in [0, 0.05) is 30.7 Å². The molecule has 0 atom stereocenters. The topological polar surface area (TPSA) is 71.4 Å². The number of thiophene rings is 1. The van der Waals surface area contributed by atoms with Gasteiger partial charge in [0.25, 0.3) is 0 Å². The lowest BCUT2D eigenvalue weighted by Gasteiger charge is -2.27. The van der Waals surface area contributed by atoms with Gasteiger partial charge in [0.2, 0.25) is 0 Å². The van der Waals surface area contributed by atoms with Crippen LogP contribution in [-0.2, 0) is 24.2 Å². The highest BCUT2D eigenvalue weighted by molar-refractivity contribution is 9.10. The average molecular weight is 529 g/mol. The highest BCUT2D eigenvalue weighted by Gasteiger charge is 2.28. The molecule has 2 heterocycles. The molecule has 2 aromatic carbocycles. The molecule has 0 spiro atoms. The molecule has 1 N–H and O–H groups in total. The van der Waals surface area contributed by atoms with Gasteiger partial charge in [0.15, 0.2) is 11.5 Å². The largest absolute Gasteiger partial charge is 0.503 e. The summed E-state index contributed by atoms with van der Waals surface area (Å²) in [6.45, 7) is 4.63. The molecule has 0 amide bonds. The minimum absolute atomic E-state index is 0.0342. The van der Waals surface area contributed by atoms with Gasteiger partial charge < -0.3 is 14.6 Å². The summed E-state index contributed by atoms with van der Waals surface area (Å²) in [6, 6.07) is 13.8. The molecule has 0 saturated heterocycles. The van der Waals surface area contributed by atoms with Crippen molar-refractivity contribution in [2.45, 2.75) is 26.4 Å². The zero-order valence-electron chi connectivity index (χ0n) is 18.5. The summed E-state index contributed by atoms with van der Waals surface area (Å²) in [5, 5.41) is 10.7. The van der Waals surface area contributed by atoms with Gasteiger partial charge in [-0.05, 0) is 58.1 Å². The first-order valence-corrected chi connectivity index (χ1v) is 12.3. The number of ether oxygens (including phenoxy) is 2. The van der Waals surface area contributed by atoms with Gasteiger partial charge in [-0.2, -0.15) is 0 Å². The lowest BCUT2D eigenvalue weighted by Crippen LogP contribution is -2.29. The third-order valence-corrected chi connectivity index (χ3v) is 7.18. The number of methoxy groups -OCH3 is 1. The fourth-order valence-corrected chi connectivity index (χ4v) is 5.56. The highest BCUT2D eigenvalue weighted by atomic mass is 79.9. The number of fused-ring (bicyclic) bond motifs is 1. The number of halogens is 1. The molecule has 1 aliphatic rings. The Morgan fingerprint density at radius 2 is 2.09 bits per heavy atom. The van der Waals surface area contributed by atoms with Gasteiger partial charge in [-0.25, -0.2) is 9.79 Å². The van der Waals surface area contributed by atoms with Crippen LogP contribution in [0.4, 0.5) is 5.00 Å². The van der Waals surface area contributed by atoms with E-state index in [1.807, 2.05) is 13.0 Å². The number of hydrogen-bond acceptors (Lipinski definition) is 7. The van der Waals surface area contributed by atoms with E-state index in [0.29, 0.717) is 27.4 Å². The van der Waals surface area contributed by atoms with E-state index in [-0.39, 0.29) is 11.7 Å². The Hall–Kier alpha value is -2.68. The Labute approximate surface area is 205 Å². The van der Waals surface area contributed by atoms with Gasteiger partial charge in [-0.15, -0.1) is 11.3 Å². The molecule has 0 fully saturated rings. The number of benzene rings is 2. The van der Waals surface area contributed by atoms with Crippen LogP contribution in [-0.4, -0.2) is 42.5 Å². The number of aliphatic imine (C=N–C) groups is 1. The molecule has 8 heteroatoms. The molecular weight excluding hydrogens is 504 g/mol. The number of phenols is 1. The van der Waals surface area contributed by atoms with E-state index in [9.17, 15) is 9.90 Å². The van der Waals surface area contributed by atoms with Crippen molar-refractivity contribution in [3.63, 3.8) is 0 Å². The van der Waals surface area contributed by atoms with Crippen LogP contribution in [0.15, 0.2) is 51.9 Å². The lowest BCUT2D eigenvalue weighted by molar-refractivity contribution is 0.0526. The minimum atomic E-state index is -0.330. The van der Waals surface area contributed by atoms with Crippen LogP contribution in [0, 0.1) is 0 Å². The summed E-state index contributed by atoms with van der Waals surface area (Å²) in [5.74, 6) is 0.0496. The summed E-state index contributed by atoms with van der Waals surface area (Å²) in [5.41, 5.74) is 3.62. The Morgan fingerprint density at radius 3 is 2.82 bits per heavy atom. The summed E-state index contributed by atoms with van der Waals surface area (Å²) in [6.07, 6.45) is 2.45. The van der Waals surface area contributed by atoms with Gasteiger partial charge in [0.1, 0.15) is 5.00 Å². The molecule has 0 saturated carbocycles. The molecular formula is C25H25BrN2O4S. The zero-order chi connectivity index (χ0) is 23.4. The number of esters is 1. The molecule has 1 aromatic heterocycles. The third-order valence-electron chi connectivity index (χ3n) is 5.45. The molecule has 0 aliphatic carbocycles. The Balaban J connectivity index is 1.64. The van der Waals surface area contributed by atoms with E-state index in [1.165, 1.54) is 24.0 Å². The van der Waals surface area contributed by atoms with Gasteiger partial charge in [-0.1, -0.05) is 30.3 Å². The molecule has 0 radical (unpaired) electrons. The second-order valence-corrected chi connectivity index (χ2v) is 9.60. The second-order valence-electron chi connectivity index (χ2n) is 7.66. The van der Waals surface area contributed by atoms with Crippen molar-refractivity contribution >= 4 is 44.5 Å². The molecule has 1 aliphatic heterocycles. The standard InChI is InChI=1S/C25H25BrN2O4S/c1-3-32-25(30)22-18-9-10-28(14-16-7-5-4-6-8-16)15-21(18)33-24(22)27-13-17-11-19(26)23(29)20(12-17)31-2/h4-8,11-13,29H,3,9-10,14-15H2,1-2H3/b27-13+. The summed E-state index contributed by atoms with van der Waals surface area (Å²) in [4.78, 5) is 21.0. The normalized spacial score (nSPS) is 13.8. The monoisotopic (exact) mass is 528 g/mol. The van der Waals surface area contributed by atoms with E-state index in [1.54, 1.807) is 18.3 Å². The fraction of sp³-hybridized carbons (Fsp3) is 0.280. The van der Waals surface area contributed by atoms with Crippen molar-refractivity contribution < 1.29 is 19.4 Å². The van der Waals surface area contributed by atoms with E-state index in [2.05, 4.69) is 50.1 Å². The van der Waals surface area contributed by atoms with E-state index >= 15 is 0 Å². The maximum absolute atomic E-state index is 12.8. The number of phenolic OH excluding ortho intramolecular Hbond substituents is 1. The fourth-order valence-electron chi connectivity index (χ4n) is 3.88. The van der Waals surface area contributed by atoms with Crippen molar-refractivity contribution in [1.82, 2.24) is 4.90 Å². The van der Waals surface area contributed by atoms with Crippen LogP contribution in [0.5, 0.6) is 11.5 Å². The predicted octanol–water partition coefficient (Wildman–Crippen LogP) is 5.71. The SMILES string of the molecule is CCOC(=O)c1c(/N=C/c2cc(Br)c(O)c(OC)c2)sc2c1CCN(Cc1ccccc1)C2. The number of hydrogen-bond donors (Lipinski definition) is 1. The summed E-state index contributed by atoms with van der Waals surface area (Å²) < 4.78 is 11.1. The maximum Gasteiger partial charge on any atom is 0.341 e. The predicted molar refractivity (Wildman–Crippen MR) is 134 cm³/mol. The highest BCUT2D eigenvalue weighted by Crippen LogP contribution is 2.40. The number of rotatable bonds is 7. The molecule has 0 unspecified atom stereocenters. The molecule has 0 bridgehead atoms. The number of nitrogens with zero attached hydrogens (tertiary/aromatic N) is 2. The first kappa shape index (κ1) is 23.5. The molecule has 172 valence electrons. The van der Waals surface area contributed by atoms with Crippen LogP contribution in [0.1, 0.15) is 38.8 Å². The maximum atomic E-state index is 12.8. The molecule has 6 nitrogen and oxygen atoms in total. The van der Waals surface area contributed by atoms with Gasteiger partial charge in [-0.3, -0.25) is 4.90 Å². The Morgan fingerprint density at radius 1 is 1.30 bits per heavy atom. The lowest BCUT2D eigenvalue weighted by atomic mass is 10.0. The zero-order valence-corrected chi connectivity index (χ0v) is 20.9. The van der Waals surface area contributed by atoms with Gasteiger partial charge >= 0.3 is 5.97 Å². The van der Waals surface area contributed by atoms with Crippen molar-refractivity contribution in [2.24, 2.45) is 4.99 Å². The molecule has 33 heavy (non-hydrogen) atoms. The van der Waals surface area contributed by atoms with Crippen LogP contribution < -0.4 is 4.74 Å². The molecule has 4 rings (SSSR count). The van der Waals surface area contributed by atoms with Crippen molar-refractivity contribution in [2.75, 3.05) is 20.3 Å². The smallest absolute Gasteiger partial charge is 0.341 e. The van der Waals surface area contributed by atoms with Crippen molar-refractivity contribution in [3.8, 4) is 11.5 Å². The molecule has 3 aromatic rings. The van der Waals surface area contributed by atoms with Crippen molar-refractivity contribution in [1.29, 1.82) is 0 Å². The Kier molecular flexibility index (Phi) is 7.47. The first-order valence-electron chi connectivity index (χ1n) is 10.7. The number of carbonyl (C=O) groups excluding carboxylic acids is 1. The van der Waals surface area contributed by atoms with Crippen LogP contribution in [0.3, 0.4) is 0 Å². The quantitative estimate of drug-likeness (QED) is 0.314. The van der Waals surface area contributed by atoms with Crippen LogP contribution >= 0.6 is 27.3 Å². The van der Waals surface area contributed by atoms with Crippen LogP contribution in [0.2, 0.25) is 0 Å². The third kappa shape index (κ3) is 5.29. The number of carbonyl (C=O) groups is 1. The Bertz CT molecular complexity index is 1180. The van der Waals surface area contributed by atoms with Crippen molar-refractivity contribution in [3.05, 3.63) is 74.1 Å². The first-order chi connectivity index (χ1) is 16.0. The van der Waals surface area contributed by atoms with E-state index in [0.717, 1.165) is 42.1 Å². The van der Waals surface area contributed by atoms with E-state index in [4.69, 9.17) is 9.47 Å². The van der Waals surface area contributed by atoms with Crippen LogP contribution in [0.25, 0.3) is 0 Å². The number of aromatic hydroxyl groups is 1. The average Bonchev–Trinajstić information content (AvgIpc) is 3.18.